The maximum absolute atomic E-state index is 11.9. The zero-order chi connectivity index (χ0) is 19.5. The van der Waals surface area contributed by atoms with E-state index in [1.165, 1.54) is 11.3 Å². The summed E-state index contributed by atoms with van der Waals surface area (Å²) in [6.45, 7) is 12.4. The fraction of sp³-hybridized carbons (Fsp3) is 0.722. The van der Waals surface area contributed by atoms with Crippen molar-refractivity contribution in [2.24, 2.45) is 10.9 Å². The quantitative estimate of drug-likeness (QED) is 0.164. The van der Waals surface area contributed by atoms with Gasteiger partial charge in [0.15, 0.2) is 5.96 Å². The van der Waals surface area contributed by atoms with Crippen LogP contribution >= 0.6 is 35.3 Å². The van der Waals surface area contributed by atoms with E-state index in [1.807, 2.05) is 13.8 Å². The number of carbonyl (C=O) groups excluding carboxylic acids is 1. The average molecular weight is 512 g/mol. The van der Waals surface area contributed by atoms with Crippen molar-refractivity contribution in [3.8, 4) is 0 Å². The molecule has 9 heteroatoms. The Morgan fingerprint density at radius 2 is 2.00 bits per heavy atom. The minimum absolute atomic E-state index is 0. The third-order valence-corrected chi connectivity index (χ3v) is 4.92. The van der Waals surface area contributed by atoms with Gasteiger partial charge < -0.3 is 20.1 Å². The predicted molar refractivity (Wildman–Crippen MR) is 121 cm³/mol. The highest BCUT2D eigenvalue weighted by molar-refractivity contribution is 14.0. The van der Waals surface area contributed by atoms with E-state index in [0.29, 0.717) is 42.2 Å². The summed E-state index contributed by atoms with van der Waals surface area (Å²) in [7, 11) is 1.72. The van der Waals surface area contributed by atoms with E-state index in [9.17, 15) is 4.79 Å². The number of nitrogens with zero attached hydrogens (tertiary/aromatic N) is 2. The monoisotopic (exact) mass is 512 g/mol. The van der Waals surface area contributed by atoms with Crippen molar-refractivity contribution >= 4 is 47.2 Å². The Hall–Kier alpha value is -0.940. The van der Waals surface area contributed by atoms with Crippen molar-refractivity contribution in [1.29, 1.82) is 0 Å². The largest absolute Gasteiger partial charge is 0.462 e. The van der Waals surface area contributed by atoms with Crippen molar-refractivity contribution in [2.45, 2.75) is 47.1 Å². The molecule has 0 aromatic carbocycles. The fourth-order valence-electron chi connectivity index (χ4n) is 2.11. The number of rotatable bonds is 10. The number of guanidine groups is 1. The SMILES string of the molecule is CCOC(=O)c1sc(C(C)NC(=NC)NCCOCCC(C)C)nc1C.I. The van der Waals surface area contributed by atoms with Crippen LogP contribution in [0.15, 0.2) is 4.99 Å². The summed E-state index contributed by atoms with van der Waals surface area (Å²) >= 11 is 1.35. The summed E-state index contributed by atoms with van der Waals surface area (Å²) in [5, 5.41) is 7.33. The number of nitrogens with one attached hydrogen (secondary N) is 2. The van der Waals surface area contributed by atoms with Gasteiger partial charge in [-0.3, -0.25) is 4.99 Å². The molecule has 0 amide bonds. The van der Waals surface area contributed by atoms with Crippen molar-refractivity contribution in [1.82, 2.24) is 15.6 Å². The molecule has 2 N–H and O–H groups in total. The molecule has 0 aliphatic rings. The van der Waals surface area contributed by atoms with Crippen LogP contribution in [-0.2, 0) is 9.47 Å². The number of aliphatic imine (C=N–C) groups is 1. The Kier molecular flexibility index (Phi) is 13.6. The average Bonchev–Trinajstić information content (AvgIpc) is 2.98. The maximum Gasteiger partial charge on any atom is 0.350 e. The van der Waals surface area contributed by atoms with Crippen molar-refractivity contribution in [3.05, 3.63) is 15.6 Å². The van der Waals surface area contributed by atoms with Crippen LogP contribution < -0.4 is 10.6 Å². The molecule has 156 valence electrons. The molecule has 1 unspecified atom stereocenters. The topological polar surface area (TPSA) is 84.8 Å². The lowest BCUT2D eigenvalue weighted by atomic mass is 10.1. The third-order valence-electron chi connectivity index (χ3n) is 3.60. The molecule has 1 heterocycles. The molecule has 0 saturated carbocycles. The van der Waals surface area contributed by atoms with Crippen LogP contribution in [0.5, 0.6) is 0 Å². The molecule has 0 spiro atoms. The van der Waals surface area contributed by atoms with Gasteiger partial charge in [-0.25, -0.2) is 9.78 Å². The van der Waals surface area contributed by atoms with Gasteiger partial charge in [0, 0.05) is 20.2 Å². The second-order valence-electron chi connectivity index (χ2n) is 6.35. The summed E-state index contributed by atoms with van der Waals surface area (Å²) in [6, 6.07) is -0.0741. The van der Waals surface area contributed by atoms with E-state index in [1.54, 1.807) is 14.0 Å². The van der Waals surface area contributed by atoms with Crippen LogP contribution in [0, 0.1) is 12.8 Å². The van der Waals surface area contributed by atoms with E-state index < -0.39 is 0 Å². The van der Waals surface area contributed by atoms with Gasteiger partial charge in [0.25, 0.3) is 0 Å². The number of esters is 1. The van der Waals surface area contributed by atoms with E-state index in [0.717, 1.165) is 18.0 Å². The number of hydrogen-bond acceptors (Lipinski definition) is 6. The minimum Gasteiger partial charge on any atom is -0.462 e. The molecule has 0 bridgehead atoms. The number of ether oxygens (including phenoxy) is 2. The number of hydrogen-bond donors (Lipinski definition) is 2. The first-order chi connectivity index (χ1) is 12.4. The van der Waals surface area contributed by atoms with Gasteiger partial charge in [0.1, 0.15) is 9.88 Å². The zero-order valence-corrected chi connectivity index (χ0v) is 20.3. The van der Waals surface area contributed by atoms with Crippen LogP contribution in [0.25, 0.3) is 0 Å². The van der Waals surface area contributed by atoms with Crippen LogP contribution in [0.3, 0.4) is 0 Å². The summed E-state index contributed by atoms with van der Waals surface area (Å²) in [6.07, 6.45) is 1.07. The molecule has 7 nitrogen and oxygen atoms in total. The molecule has 0 aliphatic heterocycles. The molecule has 0 aliphatic carbocycles. The Bertz CT molecular complexity index is 593. The van der Waals surface area contributed by atoms with Gasteiger partial charge in [-0.1, -0.05) is 13.8 Å². The van der Waals surface area contributed by atoms with Crippen molar-refractivity contribution < 1.29 is 14.3 Å². The molecular weight excluding hydrogens is 479 g/mol. The molecule has 1 aromatic heterocycles. The van der Waals surface area contributed by atoms with Crippen molar-refractivity contribution in [2.75, 3.05) is 33.4 Å². The zero-order valence-electron chi connectivity index (χ0n) is 17.1. The second-order valence-corrected chi connectivity index (χ2v) is 7.38. The second kappa shape index (κ2) is 14.1. The van der Waals surface area contributed by atoms with Gasteiger partial charge in [-0.15, -0.1) is 35.3 Å². The molecule has 0 saturated heterocycles. The van der Waals surface area contributed by atoms with Gasteiger partial charge >= 0.3 is 5.97 Å². The summed E-state index contributed by atoms with van der Waals surface area (Å²) in [5.41, 5.74) is 0.693. The Labute approximate surface area is 183 Å². The first-order valence-electron chi connectivity index (χ1n) is 9.08. The Balaban J connectivity index is 0.00000676. The molecule has 27 heavy (non-hydrogen) atoms. The summed E-state index contributed by atoms with van der Waals surface area (Å²) in [5.74, 6) is 1.01. The molecule has 0 radical (unpaired) electrons. The highest BCUT2D eigenvalue weighted by atomic mass is 127. The standard InChI is InChI=1S/C18H32N4O3S.HI/c1-7-25-17(23)15-13(4)21-16(26-15)14(5)22-18(19-6)20-9-11-24-10-8-12(2)3;/h12,14H,7-11H2,1-6H3,(H2,19,20,22);1H. The van der Waals surface area contributed by atoms with Crippen LogP contribution in [0.4, 0.5) is 0 Å². The molecule has 0 fully saturated rings. The van der Waals surface area contributed by atoms with E-state index in [4.69, 9.17) is 9.47 Å². The van der Waals surface area contributed by atoms with Gasteiger partial charge in [0.05, 0.1) is 24.9 Å². The van der Waals surface area contributed by atoms with E-state index in [-0.39, 0.29) is 36.0 Å². The predicted octanol–water partition coefficient (Wildman–Crippen LogP) is 3.53. The van der Waals surface area contributed by atoms with Gasteiger partial charge in [-0.05, 0) is 33.1 Å². The lowest BCUT2D eigenvalue weighted by Gasteiger charge is -2.16. The van der Waals surface area contributed by atoms with Gasteiger partial charge in [-0.2, -0.15) is 0 Å². The lowest BCUT2D eigenvalue weighted by molar-refractivity contribution is 0.0531. The third kappa shape index (κ3) is 9.70. The lowest BCUT2D eigenvalue weighted by Crippen LogP contribution is -2.40. The highest BCUT2D eigenvalue weighted by Gasteiger charge is 2.20. The summed E-state index contributed by atoms with van der Waals surface area (Å²) in [4.78, 5) is 21.2. The number of halogens is 1. The van der Waals surface area contributed by atoms with Crippen LogP contribution in [0.2, 0.25) is 0 Å². The van der Waals surface area contributed by atoms with Gasteiger partial charge in [0.2, 0.25) is 0 Å². The number of thiazole rings is 1. The smallest absolute Gasteiger partial charge is 0.350 e. The fourth-order valence-corrected chi connectivity index (χ4v) is 3.08. The van der Waals surface area contributed by atoms with E-state index in [2.05, 4.69) is 34.5 Å². The normalized spacial score (nSPS) is 12.5. The van der Waals surface area contributed by atoms with E-state index >= 15 is 0 Å². The number of aromatic nitrogens is 1. The first kappa shape index (κ1) is 26.1. The molecule has 1 aromatic rings. The molecular formula is C18H33IN4O3S. The minimum atomic E-state index is -0.318. The Morgan fingerprint density at radius 3 is 2.59 bits per heavy atom. The molecule has 1 rings (SSSR count). The Morgan fingerprint density at radius 1 is 1.30 bits per heavy atom. The highest BCUT2D eigenvalue weighted by Crippen LogP contribution is 2.24. The number of carbonyl (C=O) groups is 1. The van der Waals surface area contributed by atoms with Crippen LogP contribution in [-0.4, -0.2) is 50.3 Å². The maximum atomic E-state index is 11.9. The molecule has 1 atom stereocenters. The van der Waals surface area contributed by atoms with Crippen LogP contribution in [0.1, 0.15) is 60.5 Å². The number of aryl methyl sites for hydroxylation is 1. The summed E-state index contributed by atoms with van der Waals surface area (Å²) < 4.78 is 10.7. The first-order valence-corrected chi connectivity index (χ1v) is 9.90. The van der Waals surface area contributed by atoms with Crippen molar-refractivity contribution in [3.63, 3.8) is 0 Å².